The third kappa shape index (κ3) is 7.09. The van der Waals surface area contributed by atoms with Gasteiger partial charge in [0.15, 0.2) is 5.58 Å². The number of anilines is 6. The summed E-state index contributed by atoms with van der Waals surface area (Å²) in [6.45, 7) is 29.6. The van der Waals surface area contributed by atoms with Gasteiger partial charge in [-0.15, -0.1) is 11.3 Å². The van der Waals surface area contributed by atoms with Crippen LogP contribution >= 0.6 is 11.3 Å². The number of benzene rings is 7. The lowest BCUT2D eigenvalue weighted by molar-refractivity contribution is 0.494. The Kier molecular flexibility index (Phi) is 9.63. The molecule has 0 bridgehead atoms. The third-order valence-corrected chi connectivity index (χ3v) is 15.4. The number of fused-ring (bicyclic) bond motifs is 9. The van der Waals surface area contributed by atoms with Crippen LogP contribution in [0.3, 0.4) is 0 Å². The quantitative estimate of drug-likeness (QED) is 0.165. The van der Waals surface area contributed by atoms with Gasteiger partial charge in [-0.2, -0.15) is 0 Å². The first-order chi connectivity index (χ1) is 31.6. The second kappa shape index (κ2) is 14.9. The molecule has 0 amide bonds. The van der Waals surface area contributed by atoms with Crippen molar-refractivity contribution in [1.82, 2.24) is 0 Å². The van der Waals surface area contributed by atoms with Gasteiger partial charge in [0.05, 0.1) is 16.8 Å². The zero-order valence-corrected chi connectivity index (χ0v) is 42.2. The molecule has 9 aromatic rings. The topological polar surface area (TPSA) is 28.9 Å². The Labute approximate surface area is 401 Å². The molecule has 0 fully saturated rings. The second-order valence-electron chi connectivity index (χ2n) is 23.2. The lowest BCUT2D eigenvalue weighted by Gasteiger charge is -2.40. The van der Waals surface area contributed by atoms with E-state index in [1.807, 2.05) is 11.3 Å². The maximum absolute atomic E-state index is 7.22. The van der Waals surface area contributed by atoms with Crippen LogP contribution < -0.4 is 30.2 Å². The van der Waals surface area contributed by atoms with E-state index >= 15 is 0 Å². The molecule has 0 spiro atoms. The maximum Gasteiger partial charge on any atom is 0.268 e. The molecule has 4 nitrogen and oxygen atoms in total. The lowest BCUT2D eigenvalue weighted by atomic mass is 9.36. The number of rotatable bonds is 4. The molecule has 2 aliphatic rings. The predicted octanol–water partition coefficient (Wildman–Crippen LogP) is 16.2. The number of para-hydroxylation sites is 1. The van der Waals surface area contributed by atoms with Crippen molar-refractivity contribution < 1.29 is 9.15 Å². The number of furan rings is 1. The van der Waals surface area contributed by atoms with Gasteiger partial charge in [-0.3, -0.25) is 0 Å². The van der Waals surface area contributed by atoms with E-state index in [1.165, 1.54) is 48.0 Å². The van der Waals surface area contributed by atoms with Crippen molar-refractivity contribution in [3.63, 3.8) is 0 Å². The van der Waals surface area contributed by atoms with E-state index in [-0.39, 0.29) is 28.4 Å². The molecule has 0 saturated carbocycles. The highest BCUT2D eigenvalue weighted by Gasteiger charge is 2.45. The SMILES string of the molecule is Cc1cc2c3c(c1)N(c1ccc(N(c4ccc(C(C)(C)C)cc4)c4ccc(C(C)(C)C)cc4)c4c1oc1ccccc14)c1ccc(C(C)(C)C)cc1B3c1sc3ccc(C(C)(C)C)cc3c1O2. The molecule has 0 N–H and O–H groups in total. The van der Waals surface area contributed by atoms with Gasteiger partial charge in [-0.1, -0.05) is 144 Å². The molecule has 0 saturated heterocycles. The Balaban J connectivity index is 1.18. The molecule has 0 atom stereocenters. The van der Waals surface area contributed by atoms with E-state index in [0.29, 0.717) is 0 Å². The smallest absolute Gasteiger partial charge is 0.268 e. The fourth-order valence-electron chi connectivity index (χ4n) is 10.4. The van der Waals surface area contributed by atoms with Crippen molar-refractivity contribution >= 4 is 99.9 Å². The molecule has 336 valence electrons. The molecule has 0 unspecified atom stereocenters. The van der Waals surface area contributed by atoms with Crippen LogP contribution in [0, 0.1) is 6.92 Å². The van der Waals surface area contributed by atoms with Crippen LogP contribution in [0.25, 0.3) is 32.0 Å². The summed E-state index contributed by atoms with van der Waals surface area (Å²) < 4.78 is 16.9. The summed E-state index contributed by atoms with van der Waals surface area (Å²) in [5.41, 5.74) is 17.1. The number of hydrogen-bond acceptors (Lipinski definition) is 5. The van der Waals surface area contributed by atoms with Crippen molar-refractivity contribution in [2.45, 2.75) is 112 Å². The molecule has 67 heavy (non-hydrogen) atoms. The average molecular weight is 897 g/mol. The highest BCUT2D eigenvalue weighted by Crippen LogP contribution is 2.51. The Morgan fingerprint density at radius 1 is 0.537 bits per heavy atom. The standard InChI is InChI=1S/C61H61BN2O2S/c1-36-32-49-54-51(33-36)66-55-44-34-39(60(8,9)10)23-31-52(44)67-57(55)62(54)45-35-40(61(11,12)13)22-28-46(45)64(49)48-30-29-47(53-43-16-14-15-17-50(43)65-56(48)53)63(41-24-18-37(19-25-41)58(2,3)4)42-26-20-38(21-27-42)59(5,6)7/h14-35H,1-13H3. The van der Waals surface area contributed by atoms with Gasteiger partial charge >= 0.3 is 0 Å². The van der Waals surface area contributed by atoms with Crippen LogP contribution in [0.2, 0.25) is 0 Å². The average Bonchev–Trinajstić information content (AvgIpc) is 3.84. The monoisotopic (exact) mass is 896 g/mol. The first-order valence-electron chi connectivity index (χ1n) is 23.9. The van der Waals surface area contributed by atoms with E-state index in [0.717, 1.165) is 73.1 Å². The second-order valence-corrected chi connectivity index (χ2v) is 24.3. The third-order valence-electron chi connectivity index (χ3n) is 14.2. The molecule has 0 radical (unpaired) electrons. The Morgan fingerprint density at radius 3 is 1.73 bits per heavy atom. The minimum absolute atomic E-state index is 0.00791. The Bertz CT molecular complexity index is 3380. The minimum atomic E-state index is -0.0563. The zero-order chi connectivity index (χ0) is 47.1. The highest BCUT2D eigenvalue weighted by atomic mass is 32.1. The maximum atomic E-state index is 7.22. The van der Waals surface area contributed by atoms with Crippen molar-refractivity contribution in [1.29, 1.82) is 0 Å². The van der Waals surface area contributed by atoms with Crippen molar-refractivity contribution in [3.8, 4) is 11.5 Å². The van der Waals surface area contributed by atoms with E-state index in [1.54, 1.807) is 0 Å². The normalized spacial score (nSPS) is 13.8. The van der Waals surface area contributed by atoms with E-state index in [2.05, 4.69) is 233 Å². The Morgan fingerprint density at radius 2 is 1.10 bits per heavy atom. The molecule has 6 heteroatoms. The molecule has 11 rings (SSSR count). The molecule has 2 aliphatic heterocycles. The first kappa shape index (κ1) is 43.3. The summed E-state index contributed by atoms with van der Waals surface area (Å²) in [7, 11) is 0. The summed E-state index contributed by atoms with van der Waals surface area (Å²) in [4.78, 5) is 4.89. The zero-order valence-electron chi connectivity index (χ0n) is 41.4. The van der Waals surface area contributed by atoms with Crippen LogP contribution in [-0.4, -0.2) is 6.71 Å². The van der Waals surface area contributed by atoms with Crippen LogP contribution in [0.1, 0.15) is 111 Å². The fourth-order valence-corrected chi connectivity index (χ4v) is 11.6. The van der Waals surface area contributed by atoms with Crippen molar-refractivity contribution in [2.75, 3.05) is 9.80 Å². The van der Waals surface area contributed by atoms with Gasteiger partial charge < -0.3 is 19.0 Å². The summed E-state index contributed by atoms with van der Waals surface area (Å²) in [5.74, 6) is 1.92. The molecular formula is C61H61BN2O2S. The Hall–Kier alpha value is -6.24. The van der Waals surface area contributed by atoms with E-state index < -0.39 is 0 Å². The minimum Gasteiger partial charge on any atom is -0.457 e. The van der Waals surface area contributed by atoms with E-state index in [9.17, 15) is 0 Å². The van der Waals surface area contributed by atoms with Crippen LogP contribution in [-0.2, 0) is 21.7 Å². The van der Waals surface area contributed by atoms with Crippen molar-refractivity contribution in [2.24, 2.45) is 0 Å². The van der Waals surface area contributed by atoms with Crippen LogP contribution in [0.5, 0.6) is 11.5 Å². The van der Waals surface area contributed by atoms with Gasteiger partial charge in [0.25, 0.3) is 6.71 Å². The molecule has 2 aromatic heterocycles. The summed E-state index contributed by atoms with van der Waals surface area (Å²) >= 11 is 1.88. The molecule has 4 heterocycles. The lowest BCUT2D eigenvalue weighted by Crippen LogP contribution is -2.58. The summed E-state index contributed by atoms with van der Waals surface area (Å²) in [6, 6.07) is 50.1. The number of hydrogen-bond donors (Lipinski definition) is 0. The van der Waals surface area contributed by atoms with Crippen LogP contribution in [0.4, 0.5) is 34.1 Å². The summed E-state index contributed by atoms with van der Waals surface area (Å²) in [6.07, 6.45) is 0. The number of thiophene rings is 1. The van der Waals surface area contributed by atoms with Gasteiger partial charge in [0.1, 0.15) is 17.1 Å². The van der Waals surface area contributed by atoms with Gasteiger partial charge in [0.2, 0.25) is 0 Å². The van der Waals surface area contributed by atoms with E-state index in [4.69, 9.17) is 9.15 Å². The highest BCUT2D eigenvalue weighted by molar-refractivity contribution is 7.33. The summed E-state index contributed by atoms with van der Waals surface area (Å²) in [5, 5.41) is 3.35. The number of aryl methyl sites for hydroxylation is 1. The molecule has 7 aromatic carbocycles. The largest absolute Gasteiger partial charge is 0.457 e. The van der Waals surface area contributed by atoms with Gasteiger partial charge in [0, 0.05) is 43.0 Å². The first-order valence-corrected chi connectivity index (χ1v) is 24.8. The number of ether oxygens (including phenoxy) is 1. The van der Waals surface area contributed by atoms with Crippen molar-refractivity contribution in [3.05, 3.63) is 161 Å². The molecule has 0 aliphatic carbocycles. The van der Waals surface area contributed by atoms with Crippen LogP contribution in [0.15, 0.2) is 138 Å². The van der Waals surface area contributed by atoms with Gasteiger partial charge in [-0.05, 0) is 140 Å². The van der Waals surface area contributed by atoms with Gasteiger partial charge in [-0.25, -0.2) is 0 Å². The fraction of sp³-hybridized carbons (Fsp3) is 0.279. The predicted molar refractivity (Wildman–Crippen MR) is 289 cm³/mol. The molecular weight excluding hydrogens is 836 g/mol. The number of nitrogens with zero attached hydrogens (tertiary/aromatic N) is 2.